The Morgan fingerprint density at radius 3 is 2.46 bits per heavy atom. The van der Waals surface area contributed by atoms with Crippen LogP contribution in [0.1, 0.15) is 51.1 Å². The minimum absolute atomic E-state index is 0.0168. The van der Waals surface area contributed by atoms with Crippen LogP contribution in [0, 0.1) is 0 Å². The van der Waals surface area contributed by atoms with Crippen LogP contribution in [0.4, 0.5) is 0 Å². The van der Waals surface area contributed by atoms with Crippen molar-refractivity contribution in [2.24, 2.45) is 0 Å². The van der Waals surface area contributed by atoms with Crippen molar-refractivity contribution in [2.75, 3.05) is 13.1 Å². The predicted molar refractivity (Wildman–Crippen MR) is 109 cm³/mol. The number of ketones is 1. The number of benzene rings is 2. The molecule has 2 N–H and O–H groups in total. The van der Waals surface area contributed by atoms with Crippen molar-refractivity contribution < 1.29 is 14.4 Å². The highest BCUT2D eigenvalue weighted by molar-refractivity contribution is 6.33. The molecular weight excluding hydrogens is 376 g/mol. The summed E-state index contributed by atoms with van der Waals surface area (Å²) in [6.07, 6.45) is 3.56. The summed E-state index contributed by atoms with van der Waals surface area (Å²) in [5, 5.41) is 5.80. The summed E-state index contributed by atoms with van der Waals surface area (Å²) < 4.78 is 0. The zero-order chi connectivity index (χ0) is 19.9. The largest absolute Gasteiger partial charge is 0.354 e. The van der Waals surface area contributed by atoms with Gasteiger partial charge in [0.1, 0.15) is 0 Å². The Hall–Kier alpha value is -2.66. The summed E-state index contributed by atoms with van der Waals surface area (Å²) in [7, 11) is 0. The van der Waals surface area contributed by atoms with Crippen molar-refractivity contribution in [2.45, 2.75) is 32.1 Å². The van der Waals surface area contributed by atoms with Crippen molar-refractivity contribution in [3.63, 3.8) is 0 Å². The van der Waals surface area contributed by atoms with Crippen molar-refractivity contribution in [1.82, 2.24) is 10.6 Å². The monoisotopic (exact) mass is 398 g/mol. The van der Waals surface area contributed by atoms with Gasteiger partial charge in [0.05, 0.1) is 10.6 Å². The van der Waals surface area contributed by atoms with Crippen LogP contribution in [0.3, 0.4) is 0 Å². The standard InChI is InChI=1S/C22H23ClN2O3/c23-19-7-2-1-6-18(19)22(28)25-13-12-24-21(27)11-10-20(26)17-9-8-15-4-3-5-16(15)14-17/h1-2,6-9,14H,3-5,10-13H2,(H,24,27)(H,25,28). The fraction of sp³-hybridized carbons (Fsp3) is 0.318. The molecule has 0 fully saturated rings. The fourth-order valence-corrected chi connectivity index (χ4v) is 3.55. The van der Waals surface area contributed by atoms with E-state index in [4.69, 9.17) is 11.6 Å². The third kappa shape index (κ3) is 5.20. The zero-order valence-corrected chi connectivity index (χ0v) is 16.3. The maximum atomic E-state index is 12.3. The van der Waals surface area contributed by atoms with Gasteiger partial charge in [0, 0.05) is 31.5 Å². The van der Waals surface area contributed by atoms with E-state index in [0.29, 0.717) is 22.7 Å². The SMILES string of the molecule is O=C(CCC(=O)c1ccc2c(c1)CCC2)NCCNC(=O)c1ccccc1Cl. The Morgan fingerprint density at radius 2 is 1.64 bits per heavy atom. The van der Waals surface area contributed by atoms with Gasteiger partial charge in [-0.15, -0.1) is 0 Å². The molecule has 6 heteroatoms. The first-order valence-electron chi connectivity index (χ1n) is 9.49. The van der Waals surface area contributed by atoms with Gasteiger partial charge >= 0.3 is 0 Å². The van der Waals surface area contributed by atoms with E-state index in [9.17, 15) is 14.4 Å². The lowest BCUT2D eigenvalue weighted by atomic mass is 10.0. The molecule has 2 aromatic rings. The number of carbonyl (C=O) groups is 3. The van der Waals surface area contributed by atoms with Gasteiger partial charge in [0.25, 0.3) is 5.91 Å². The van der Waals surface area contributed by atoms with Gasteiger partial charge < -0.3 is 10.6 Å². The van der Waals surface area contributed by atoms with E-state index in [2.05, 4.69) is 10.6 Å². The van der Waals surface area contributed by atoms with Crippen LogP contribution in [0.2, 0.25) is 5.02 Å². The van der Waals surface area contributed by atoms with Gasteiger partial charge in [-0.25, -0.2) is 0 Å². The van der Waals surface area contributed by atoms with Gasteiger partial charge in [-0.2, -0.15) is 0 Å². The third-order valence-corrected chi connectivity index (χ3v) is 5.18. The molecule has 2 amide bonds. The molecule has 146 valence electrons. The van der Waals surface area contributed by atoms with E-state index in [1.165, 1.54) is 11.1 Å². The Balaban J connectivity index is 1.36. The van der Waals surface area contributed by atoms with Crippen LogP contribution in [-0.2, 0) is 17.6 Å². The lowest BCUT2D eigenvalue weighted by Crippen LogP contribution is -2.34. The predicted octanol–water partition coefficient (Wildman–Crippen LogP) is 3.34. The highest BCUT2D eigenvalue weighted by atomic mass is 35.5. The number of carbonyl (C=O) groups excluding carboxylic acids is 3. The molecule has 28 heavy (non-hydrogen) atoms. The number of fused-ring (bicyclic) bond motifs is 1. The first-order chi connectivity index (χ1) is 13.5. The number of amides is 2. The summed E-state index contributed by atoms with van der Waals surface area (Å²) in [4.78, 5) is 36.3. The molecule has 0 radical (unpaired) electrons. The van der Waals surface area contributed by atoms with Crippen molar-refractivity contribution in [3.8, 4) is 0 Å². The van der Waals surface area contributed by atoms with Crippen LogP contribution >= 0.6 is 11.6 Å². The molecule has 0 heterocycles. The molecule has 0 spiro atoms. The number of hydrogen-bond acceptors (Lipinski definition) is 3. The number of nitrogens with one attached hydrogen (secondary N) is 2. The molecule has 0 aromatic heterocycles. The average molecular weight is 399 g/mol. The molecule has 0 saturated carbocycles. The minimum Gasteiger partial charge on any atom is -0.354 e. The van der Waals surface area contributed by atoms with Gasteiger partial charge in [-0.1, -0.05) is 35.9 Å². The first kappa shape index (κ1) is 20.1. The molecule has 0 unspecified atom stereocenters. The number of Topliss-reactive ketones (excluding diaryl/α,β-unsaturated/α-hetero) is 1. The van der Waals surface area contributed by atoms with Crippen LogP contribution < -0.4 is 10.6 Å². The maximum absolute atomic E-state index is 12.3. The molecule has 5 nitrogen and oxygen atoms in total. The fourth-order valence-electron chi connectivity index (χ4n) is 3.32. The third-order valence-electron chi connectivity index (χ3n) is 4.85. The average Bonchev–Trinajstić information content (AvgIpc) is 3.17. The normalized spacial score (nSPS) is 12.3. The second kappa shape index (κ2) is 9.51. The molecule has 0 atom stereocenters. The summed E-state index contributed by atoms with van der Waals surface area (Å²) in [5.74, 6) is -0.509. The lowest BCUT2D eigenvalue weighted by Gasteiger charge is -2.08. The Kier molecular flexibility index (Phi) is 6.82. The van der Waals surface area contributed by atoms with Gasteiger partial charge in [0.2, 0.25) is 5.91 Å². The highest BCUT2D eigenvalue weighted by Gasteiger charge is 2.15. The molecule has 0 aliphatic heterocycles. The second-order valence-electron chi connectivity index (χ2n) is 6.85. The van der Waals surface area contributed by atoms with Crippen LogP contribution in [-0.4, -0.2) is 30.7 Å². The molecule has 0 saturated heterocycles. The minimum atomic E-state index is -0.286. The van der Waals surface area contributed by atoms with Gasteiger partial charge in [-0.05, 0) is 48.6 Å². The smallest absolute Gasteiger partial charge is 0.252 e. The topological polar surface area (TPSA) is 75.3 Å². The summed E-state index contributed by atoms with van der Waals surface area (Å²) in [6, 6.07) is 12.6. The van der Waals surface area contributed by atoms with Gasteiger partial charge in [-0.3, -0.25) is 14.4 Å². The van der Waals surface area contributed by atoms with E-state index in [0.717, 1.165) is 19.3 Å². The molecule has 1 aliphatic rings. The maximum Gasteiger partial charge on any atom is 0.252 e. The first-order valence-corrected chi connectivity index (χ1v) is 9.87. The summed E-state index contributed by atoms with van der Waals surface area (Å²) in [5.41, 5.74) is 3.66. The number of aryl methyl sites for hydroxylation is 2. The zero-order valence-electron chi connectivity index (χ0n) is 15.6. The second-order valence-corrected chi connectivity index (χ2v) is 7.25. The number of rotatable bonds is 8. The quantitative estimate of drug-likeness (QED) is 0.529. The van der Waals surface area contributed by atoms with E-state index in [1.54, 1.807) is 24.3 Å². The Morgan fingerprint density at radius 1 is 0.893 bits per heavy atom. The van der Waals surface area contributed by atoms with E-state index in [-0.39, 0.29) is 37.0 Å². The van der Waals surface area contributed by atoms with E-state index in [1.807, 2.05) is 18.2 Å². The summed E-state index contributed by atoms with van der Waals surface area (Å²) in [6.45, 7) is 0.580. The van der Waals surface area contributed by atoms with Gasteiger partial charge in [0.15, 0.2) is 5.78 Å². The molecule has 1 aliphatic carbocycles. The number of halogens is 1. The van der Waals surface area contributed by atoms with Crippen molar-refractivity contribution >= 4 is 29.2 Å². The van der Waals surface area contributed by atoms with E-state index >= 15 is 0 Å². The molecular formula is C22H23ClN2O3. The molecule has 0 bridgehead atoms. The molecule has 3 rings (SSSR count). The molecule has 2 aromatic carbocycles. The van der Waals surface area contributed by atoms with Crippen molar-refractivity contribution in [3.05, 3.63) is 69.7 Å². The van der Waals surface area contributed by atoms with Crippen LogP contribution in [0.15, 0.2) is 42.5 Å². The van der Waals surface area contributed by atoms with Crippen LogP contribution in [0.25, 0.3) is 0 Å². The van der Waals surface area contributed by atoms with Crippen LogP contribution in [0.5, 0.6) is 0 Å². The Labute approximate surface area is 169 Å². The van der Waals surface area contributed by atoms with Crippen molar-refractivity contribution in [1.29, 1.82) is 0 Å². The number of hydrogen-bond donors (Lipinski definition) is 2. The Bertz CT molecular complexity index is 895. The van der Waals surface area contributed by atoms with E-state index < -0.39 is 0 Å². The lowest BCUT2D eigenvalue weighted by molar-refractivity contribution is -0.121. The highest BCUT2D eigenvalue weighted by Crippen LogP contribution is 2.23. The summed E-state index contributed by atoms with van der Waals surface area (Å²) >= 11 is 5.97.